The molecule has 2 rings (SSSR count). The number of aromatic nitrogens is 2. The summed E-state index contributed by atoms with van der Waals surface area (Å²) in [5.41, 5.74) is 2.77. The Balaban J connectivity index is 2.95. The summed E-state index contributed by atoms with van der Waals surface area (Å²) in [5.74, 6) is 0. The lowest BCUT2D eigenvalue weighted by Gasteiger charge is -1.86. The van der Waals surface area contributed by atoms with Crippen molar-refractivity contribution in [3.63, 3.8) is 0 Å². The van der Waals surface area contributed by atoms with Crippen LogP contribution in [0.15, 0.2) is 22.8 Å². The van der Waals surface area contributed by atoms with Crippen LogP contribution < -0.4 is 0 Å². The molecule has 0 N–H and O–H groups in total. The first kappa shape index (κ1) is 5.41. The molecule has 0 bridgehead atoms. The second kappa shape index (κ2) is 1.80. The fourth-order valence-electron chi connectivity index (χ4n) is 0.941. The Morgan fingerprint density at radius 3 is 3.00 bits per heavy atom. The summed E-state index contributed by atoms with van der Waals surface area (Å²) in [5, 5.41) is 7.43. The number of hydrogen-bond donors (Lipinski definition) is 0. The molecule has 10 heavy (non-hydrogen) atoms. The highest BCUT2D eigenvalue weighted by Gasteiger charge is 1.99. The van der Waals surface area contributed by atoms with Crippen LogP contribution in [0.1, 0.15) is 5.56 Å². The van der Waals surface area contributed by atoms with Crippen LogP contribution in [0.2, 0.25) is 0 Å². The molecule has 3 heteroatoms. The summed E-state index contributed by atoms with van der Waals surface area (Å²) in [6.07, 6.45) is 0. The Labute approximate surface area is 57.6 Å². The molecular weight excluding hydrogens is 128 g/mol. The van der Waals surface area contributed by atoms with E-state index >= 15 is 0 Å². The summed E-state index contributed by atoms with van der Waals surface area (Å²) >= 11 is 0. The molecule has 0 amide bonds. The molecule has 0 aliphatic rings. The number of nitrogens with zero attached hydrogens (tertiary/aromatic N) is 2. The van der Waals surface area contributed by atoms with Crippen LogP contribution in [0.3, 0.4) is 0 Å². The number of aryl methyl sites for hydroxylation is 1. The minimum atomic E-state index is 0.819. The van der Waals surface area contributed by atoms with Gasteiger partial charge in [0.1, 0.15) is 11.0 Å². The summed E-state index contributed by atoms with van der Waals surface area (Å²) in [6, 6.07) is 5.78. The van der Waals surface area contributed by atoms with Crippen LogP contribution in [0, 0.1) is 6.92 Å². The molecule has 2 aromatic rings. The molecule has 0 fully saturated rings. The van der Waals surface area contributed by atoms with E-state index in [1.807, 2.05) is 25.1 Å². The van der Waals surface area contributed by atoms with Crippen molar-refractivity contribution in [1.82, 2.24) is 10.3 Å². The van der Waals surface area contributed by atoms with E-state index < -0.39 is 0 Å². The minimum Gasteiger partial charge on any atom is -0.243 e. The molecule has 50 valence electrons. The normalized spacial score (nSPS) is 10.5. The van der Waals surface area contributed by atoms with Crippen molar-refractivity contribution in [2.45, 2.75) is 6.92 Å². The molecule has 3 nitrogen and oxygen atoms in total. The lowest BCUT2D eigenvalue weighted by atomic mass is 10.2. The van der Waals surface area contributed by atoms with Crippen molar-refractivity contribution in [1.29, 1.82) is 0 Å². The third kappa shape index (κ3) is 0.603. The highest BCUT2D eigenvalue weighted by molar-refractivity contribution is 5.76. The van der Waals surface area contributed by atoms with E-state index in [1.165, 1.54) is 0 Å². The number of rotatable bonds is 0. The Morgan fingerprint density at radius 1 is 1.30 bits per heavy atom. The molecule has 0 unspecified atom stereocenters. The first-order chi connectivity index (χ1) is 4.88. The third-order valence-electron chi connectivity index (χ3n) is 1.49. The van der Waals surface area contributed by atoms with Gasteiger partial charge in [0, 0.05) is 0 Å². The van der Waals surface area contributed by atoms with Gasteiger partial charge in [0.25, 0.3) is 0 Å². The van der Waals surface area contributed by atoms with Crippen molar-refractivity contribution < 1.29 is 4.63 Å². The zero-order chi connectivity index (χ0) is 6.97. The van der Waals surface area contributed by atoms with Gasteiger partial charge in [-0.05, 0) is 28.9 Å². The predicted octanol–water partition coefficient (Wildman–Crippen LogP) is 1.53. The van der Waals surface area contributed by atoms with Crippen LogP contribution in [0.5, 0.6) is 0 Å². The van der Waals surface area contributed by atoms with E-state index in [1.54, 1.807) is 0 Å². The Bertz CT molecular complexity index is 353. The van der Waals surface area contributed by atoms with Crippen LogP contribution in [0.25, 0.3) is 11.0 Å². The summed E-state index contributed by atoms with van der Waals surface area (Å²) < 4.78 is 4.55. The summed E-state index contributed by atoms with van der Waals surface area (Å²) in [6.45, 7) is 1.98. The molecule has 1 heterocycles. The van der Waals surface area contributed by atoms with E-state index in [9.17, 15) is 0 Å². The maximum atomic E-state index is 4.55. The van der Waals surface area contributed by atoms with E-state index in [0.29, 0.717) is 0 Å². The lowest BCUT2D eigenvalue weighted by Crippen LogP contribution is -1.73. The van der Waals surface area contributed by atoms with Crippen molar-refractivity contribution in [2.24, 2.45) is 0 Å². The van der Waals surface area contributed by atoms with Gasteiger partial charge in [-0.25, -0.2) is 4.63 Å². The van der Waals surface area contributed by atoms with Crippen molar-refractivity contribution in [2.75, 3.05) is 0 Å². The molecule has 0 saturated heterocycles. The summed E-state index contributed by atoms with van der Waals surface area (Å²) in [4.78, 5) is 0. The van der Waals surface area contributed by atoms with E-state index in [-0.39, 0.29) is 0 Å². The fourth-order valence-corrected chi connectivity index (χ4v) is 0.941. The smallest absolute Gasteiger partial charge is 0.138 e. The quantitative estimate of drug-likeness (QED) is 0.548. The van der Waals surface area contributed by atoms with Crippen molar-refractivity contribution in [3.8, 4) is 0 Å². The first-order valence-electron chi connectivity index (χ1n) is 3.06. The van der Waals surface area contributed by atoms with Gasteiger partial charge in [-0.15, -0.1) is 0 Å². The lowest BCUT2D eigenvalue weighted by molar-refractivity contribution is 0.315. The highest BCUT2D eigenvalue weighted by atomic mass is 16.6. The number of fused-ring (bicyclic) bond motifs is 1. The van der Waals surface area contributed by atoms with Crippen LogP contribution in [-0.4, -0.2) is 10.3 Å². The molecule has 1 aromatic heterocycles. The maximum Gasteiger partial charge on any atom is 0.138 e. The van der Waals surface area contributed by atoms with Crippen LogP contribution in [-0.2, 0) is 0 Å². The highest BCUT2D eigenvalue weighted by Crippen LogP contribution is 2.11. The van der Waals surface area contributed by atoms with Gasteiger partial charge in [0.2, 0.25) is 0 Å². The molecule has 0 aliphatic heterocycles. The molecular formula is C7H6N2O. The Kier molecular flexibility index (Phi) is 0.974. The van der Waals surface area contributed by atoms with Crippen molar-refractivity contribution >= 4 is 11.0 Å². The van der Waals surface area contributed by atoms with Gasteiger partial charge in [-0.3, -0.25) is 0 Å². The third-order valence-corrected chi connectivity index (χ3v) is 1.49. The molecule has 0 aliphatic carbocycles. The van der Waals surface area contributed by atoms with Gasteiger partial charge < -0.3 is 0 Å². The molecule has 0 saturated carbocycles. The van der Waals surface area contributed by atoms with Gasteiger partial charge >= 0.3 is 0 Å². The Morgan fingerprint density at radius 2 is 2.20 bits per heavy atom. The fraction of sp³-hybridized carbons (Fsp3) is 0.143. The van der Waals surface area contributed by atoms with E-state index in [4.69, 9.17) is 0 Å². The van der Waals surface area contributed by atoms with Crippen molar-refractivity contribution in [3.05, 3.63) is 23.8 Å². The topological polar surface area (TPSA) is 38.9 Å². The number of hydrogen-bond acceptors (Lipinski definition) is 3. The van der Waals surface area contributed by atoms with Gasteiger partial charge in [0.15, 0.2) is 0 Å². The predicted molar refractivity (Wildman–Crippen MR) is 36.5 cm³/mol. The van der Waals surface area contributed by atoms with Gasteiger partial charge in [-0.1, -0.05) is 12.1 Å². The monoisotopic (exact) mass is 134 g/mol. The zero-order valence-electron chi connectivity index (χ0n) is 5.53. The first-order valence-corrected chi connectivity index (χ1v) is 3.06. The van der Waals surface area contributed by atoms with Crippen LogP contribution >= 0.6 is 0 Å². The van der Waals surface area contributed by atoms with Gasteiger partial charge in [-0.2, -0.15) is 0 Å². The minimum absolute atomic E-state index is 0.819. The SMILES string of the molecule is Cc1cccc2nonc12. The number of benzene rings is 1. The molecule has 0 radical (unpaired) electrons. The Hall–Kier alpha value is -1.38. The largest absolute Gasteiger partial charge is 0.243 e. The average Bonchev–Trinajstić information content (AvgIpc) is 2.36. The van der Waals surface area contributed by atoms with E-state index in [0.717, 1.165) is 16.6 Å². The van der Waals surface area contributed by atoms with Gasteiger partial charge in [0.05, 0.1) is 0 Å². The standard InChI is InChI=1S/C7H6N2O/c1-5-3-2-4-6-7(5)9-10-8-6/h2-4H,1H3. The zero-order valence-corrected chi connectivity index (χ0v) is 5.53. The van der Waals surface area contributed by atoms with Crippen LogP contribution in [0.4, 0.5) is 0 Å². The molecule has 1 aromatic carbocycles. The maximum absolute atomic E-state index is 4.55. The second-order valence-corrected chi connectivity index (χ2v) is 2.21. The molecule has 0 atom stereocenters. The average molecular weight is 134 g/mol. The molecule has 0 spiro atoms. The summed E-state index contributed by atoms with van der Waals surface area (Å²) in [7, 11) is 0. The van der Waals surface area contributed by atoms with E-state index in [2.05, 4.69) is 14.9 Å². The second-order valence-electron chi connectivity index (χ2n) is 2.21.